The number of amides is 1. The maximum atomic E-state index is 12.3. The first-order valence-electron chi connectivity index (χ1n) is 9.61. The molecular weight excluding hydrogens is 408 g/mol. The van der Waals surface area contributed by atoms with Crippen LogP contribution in [0.1, 0.15) is 21.5 Å². The van der Waals surface area contributed by atoms with E-state index in [1.807, 2.05) is 73.0 Å². The van der Waals surface area contributed by atoms with Crippen LogP contribution in [0.15, 0.2) is 88.9 Å². The molecule has 8 heteroatoms. The van der Waals surface area contributed by atoms with Gasteiger partial charge in [0, 0.05) is 16.0 Å². The largest absolute Gasteiger partial charge is 0.271 e. The Kier molecular flexibility index (Phi) is 6.49. The summed E-state index contributed by atoms with van der Waals surface area (Å²) in [5.74, 6) is 0.311. The van der Waals surface area contributed by atoms with Crippen molar-refractivity contribution in [2.75, 3.05) is 6.26 Å². The van der Waals surface area contributed by atoms with E-state index in [4.69, 9.17) is 0 Å². The van der Waals surface area contributed by atoms with E-state index in [1.165, 1.54) is 9.69 Å². The number of hydrogen-bond donors (Lipinski definition) is 1. The number of hydrogen-bond acceptors (Lipinski definition) is 6. The Bertz CT molecular complexity index is 1170. The third-order valence-corrected chi connectivity index (χ3v) is 5.26. The molecule has 1 amide bonds. The Morgan fingerprint density at radius 1 is 1.03 bits per heavy atom. The number of hydrazone groups is 1. The number of carbonyl (C=O) groups is 1. The first-order chi connectivity index (χ1) is 15.2. The molecule has 0 atom stereocenters. The topological polar surface area (TPSA) is 85.1 Å². The Morgan fingerprint density at radius 2 is 1.77 bits per heavy atom. The molecule has 1 N–H and O–H groups in total. The third kappa shape index (κ3) is 5.43. The molecule has 0 fully saturated rings. The second-order valence-corrected chi connectivity index (χ2v) is 7.56. The van der Waals surface area contributed by atoms with Crippen LogP contribution in [0.25, 0.3) is 11.4 Å². The van der Waals surface area contributed by atoms with Crippen LogP contribution in [-0.4, -0.2) is 38.6 Å². The molecule has 31 heavy (non-hydrogen) atoms. The summed E-state index contributed by atoms with van der Waals surface area (Å²) in [6, 6.07) is 24.9. The van der Waals surface area contributed by atoms with Gasteiger partial charge in [-0.05, 0) is 46.9 Å². The highest BCUT2D eigenvalue weighted by molar-refractivity contribution is 7.98. The van der Waals surface area contributed by atoms with Crippen LogP contribution in [-0.2, 0) is 6.54 Å². The van der Waals surface area contributed by atoms with Gasteiger partial charge in [0.15, 0.2) is 0 Å². The van der Waals surface area contributed by atoms with Gasteiger partial charge in [0.1, 0.15) is 0 Å². The average molecular weight is 429 g/mol. The Morgan fingerprint density at radius 3 is 2.48 bits per heavy atom. The van der Waals surface area contributed by atoms with Crippen LogP contribution in [0.5, 0.6) is 0 Å². The molecule has 7 nitrogen and oxygen atoms in total. The molecule has 4 rings (SSSR count). The van der Waals surface area contributed by atoms with E-state index in [-0.39, 0.29) is 5.91 Å². The number of nitrogens with one attached hydrogen (secondary N) is 1. The fourth-order valence-corrected chi connectivity index (χ4v) is 3.27. The predicted molar refractivity (Wildman–Crippen MR) is 122 cm³/mol. The summed E-state index contributed by atoms with van der Waals surface area (Å²) in [4.78, 5) is 15.0. The molecule has 3 aromatic carbocycles. The van der Waals surface area contributed by atoms with Gasteiger partial charge in [-0.2, -0.15) is 9.90 Å². The van der Waals surface area contributed by atoms with Crippen molar-refractivity contribution >= 4 is 23.9 Å². The highest BCUT2D eigenvalue weighted by atomic mass is 32.2. The minimum absolute atomic E-state index is 0.270. The molecule has 0 unspecified atom stereocenters. The average Bonchev–Trinajstić information content (AvgIpc) is 3.29. The van der Waals surface area contributed by atoms with Crippen molar-refractivity contribution in [1.82, 2.24) is 25.6 Å². The van der Waals surface area contributed by atoms with Gasteiger partial charge in [0.05, 0.1) is 12.8 Å². The SMILES string of the molecule is CSc1ccc(/C=N/NC(=O)c2ccc(Cn3nnc(-c4ccccc4)n3)cc2)cc1. The monoisotopic (exact) mass is 428 g/mol. The second-order valence-electron chi connectivity index (χ2n) is 6.68. The molecule has 0 bridgehead atoms. The van der Waals surface area contributed by atoms with Gasteiger partial charge in [-0.3, -0.25) is 4.79 Å². The van der Waals surface area contributed by atoms with Crippen molar-refractivity contribution in [2.24, 2.45) is 5.10 Å². The lowest BCUT2D eigenvalue weighted by molar-refractivity contribution is 0.0955. The molecule has 4 aromatic rings. The van der Waals surface area contributed by atoms with E-state index in [2.05, 4.69) is 25.9 Å². The molecule has 0 radical (unpaired) electrons. The highest BCUT2D eigenvalue weighted by Gasteiger charge is 2.07. The molecule has 0 saturated heterocycles. The maximum Gasteiger partial charge on any atom is 0.271 e. The molecule has 1 heterocycles. The fourth-order valence-electron chi connectivity index (χ4n) is 2.86. The van der Waals surface area contributed by atoms with Crippen LogP contribution >= 0.6 is 11.8 Å². The smallest absolute Gasteiger partial charge is 0.267 e. The van der Waals surface area contributed by atoms with Crippen molar-refractivity contribution in [3.05, 3.63) is 95.6 Å². The first kappa shape index (κ1) is 20.5. The number of nitrogens with zero attached hydrogens (tertiary/aromatic N) is 5. The summed E-state index contributed by atoms with van der Waals surface area (Å²) in [6.07, 6.45) is 3.65. The summed E-state index contributed by atoms with van der Waals surface area (Å²) in [5.41, 5.74) is 5.88. The quantitative estimate of drug-likeness (QED) is 0.274. The van der Waals surface area contributed by atoms with Gasteiger partial charge in [-0.15, -0.1) is 22.0 Å². The summed E-state index contributed by atoms with van der Waals surface area (Å²) in [6.45, 7) is 0.464. The van der Waals surface area contributed by atoms with E-state index in [1.54, 1.807) is 30.1 Å². The summed E-state index contributed by atoms with van der Waals surface area (Å²) >= 11 is 1.68. The summed E-state index contributed by atoms with van der Waals surface area (Å²) in [7, 11) is 0. The molecule has 154 valence electrons. The van der Waals surface area contributed by atoms with Gasteiger partial charge in [0.25, 0.3) is 5.91 Å². The minimum atomic E-state index is -0.270. The van der Waals surface area contributed by atoms with Gasteiger partial charge in [0.2, 0.25) is 5.82 Å². The fraction of sp³-hybridized carbons (Fsp3) is 0.0870. The van der Waals surface area contributed by atoms with Crippen molar-refractivity contribution < 1.29 is 4.79 Å². The number of carbonyl (C=O) groups excluding carboxylic acids is 1. The van der Waals surface area contributed by atoms with E-state index in [0.717, 1.165) is 16.7 Å². The zero-order valence-electron chi connectivity index (χ0n) is 16.8. The Balaban J connectivity index is 1.34. The van der Waals surface area contributed by atoms with Crippen molar-refractivity contribution in [3.8, 4) is 11.4 Å². The predicted octanol–water partition coefficient (Wildman–Crippen LogP) is 3.87. The van der Waals surface area contributed by atoms with Gasteiger partial charge < -0.3 is 0 Å². The Labute approximate surface area is 184 Å². The zero-order valence-corrected chi connectivity index (χ0v) is 17.7. The van der Waals surface area contributed by atoms with Gasteiger partial charge in [-0.1, -0.05) is 54.6 Å². The molecule has 1 aromatic heterocycles. The first-order valence-corrected chi connectivity index (χ1v) is 10.8. The zero-order chi connectivity index (χ0) is 21.5. The molecule has 0 aliphatic carbocycles. The molecule has 0 aliphatic heterocycles. The van der Waals surface area contributed by atoms with E-state index in [0.29, 0.717) is 17.9 Å². The maximum absolute atomic E-state index is 12.3. The van der Waals surface area contributed by atoms with Crippen LogP contribution < -0.4 is 5.43 Å². The minimum Gasteiger partial charge on any atom is -0.267 e. The number of thioether (sulfide) groups is 1. The van der Waals surface area contributed by atoms with Crippen LogP contribution in [0.3, 0.4) is 0 Å². The van der Waals surface area contributed by atoms with Crippen LogP contribution in [0.4, 0.5) is 0 Å². The van der Waals surface area contributed by atoms with Gasteiger partial charge >= 0.3 is 0 Å². The molecule has 0 aliphatic rings. The summed E-state index contributed by atoms with van der Waals surface area (Å²) in [5, 5.41) is 16.6. The Hall–Kier alpha value is -3.78. The van der Waals surface area contributed by atoms with E-state index < -0.39 is 0 Å². The number of aromatic nitrogens is 4. The second kappa shape index (κ2) is 9.82. The lowest BCUT2D eigenvalue weighted by atomic mass is 10.1. The molecular formula is C23H20N6OS. The van der Waals surface area contributed by atoms with Gasteiger partial charge in [-0.25, -0.2) is 5.43 Å². The highest BCUT2D eigenvalue weighted by Crippen LogP contribution is 2.14. The van der Waals surface area contributed by atoms with Crippen molar-refractivity contribution in [3.63, 3.8) is 0 Å². The van der Waals surface area contributed by atoms with Crippen LogP contribution in [0, 0.1) is 0 Å². The third-order valence-electron chi connectivity index (χ3n) is 4.52. The van der Waals surface area contributed by atoms with Crippen molar-refractivity contribution in [2.45, 2.75) is 11.4 Å². The normalized spacial score (nSPS) is 11.0. The lowest BCUT2D eigenvalue weighted by Crippen LogP contribution is -2.17. The standard InChI is InChI=1S/C23H20N6OS/c1-31-21-13-9-17(10-14-21)15-24-26-23(30)20-11-7-18(8-12-20)16-29-27-22(25-28-29)19-5-3-2-4-6-19/h2-15H,16H2,1H3,(H,26,30)/b24-15+. The lowest BCUT2D eigenvalue weighted by Gasteiger charge is -2.03. The van der Waals surface area contributed by atoms with Crippen molar-refractivity contribution in [1.29, 1.82) is 0 Å². The van der Waals surface area contributed by atoms with E-state index >= 15 is 0 Å². The number of tetrazole rings is 1. The number of rotatable bonds is 7. The summed E-state index contributed by atoms with van der Waals surface area (Å²) < 4.78 is 0. The molecule has 0 saturated carbocycles. The molecule has 0 spiro atoms. The number of benzene rings is 3. The van der Waals surface area contributed by atoms with E-state index in [9.17, 15) is 4.79 Å². The van der Waals surface area contributed by atoms with Crippen LogP contribution in [0.2, 0.25) is 0 Å².